The van der Waals surface area contributed by atoms with E-state index in [1.54, 1.807) is 11.7 Å². The Labute approximate surface area is 88.3 Å². The van der Waals surface area contributed by atoms with Crippen molar-refractivity contribution in [3.05, 3.63) is 16.6 Å². The van der Waals surface area contributed by atoms with Crippen molar-refractivity contribution in [1.82, 2.24) is 4.98 Å². The van der Waals surface area contributed by atoms with Gasteiger partial charge >= 0.3 is 0 Å². The second-order valence-electron chi connectivity index (χ2n) is 3.55. The van der Waals surface area contributed by atoms with Crippen LogP contribution in [0.15, 0.2) is 11.7 Å². The predicted molar refractivity (Wildman–Crippen MR) is 58.3 cm³/mol. The summed E-state index contributed by atoms with van der Waals surface area (Å²) < 4.78 is 0. The summed E-state index contributed by atoms with van der Waals surface area (Å²) in [5.74, 6) is 0.287. The van der Waals surface area contributed by atoms with E-state index in [9.17, 15) is 4.79 Å². The Morgan fingerprint density at radius 2 is 2.50 bits per heavy atom. The van der Waals surface area contributed by atoms with E-state index in [0.29, 0.717) is 12.8 Å². The molecule has 0 saturated heterocycles. The molecular formula is C10H16N2OS. The highest BCUT2D eigenvalue weighted by Crippen LogP contribution is 2.09. The number of nitrogens with two attached hydrogens (primary N) is 1. The van der Waals surface area contributed by atoms with Gasteiger partial charge in [0.15, 0.2) is 0 Å². The highest BCUT2D eigenvalue weighted by Gasteiger charge is 2.05. The molecule has 0 aliphatic heterocycles. The van der Waals surface area contributed by atoms with Gasteiger partial charge in [0.2, 0.25) is 0 Å². The third-order valence-corrected chi connectivity index (χ3v) is 2.75. The van der Waals surface area contributed by atoms with Crippen LogP contribution in [0.2, 0.25) is 0 Å². The lowest BCUT2D eigenvalue weighted by molar-refractivity contribution is -0.118. The summed E-state index contributed by atoms with van der Waals surface area (Å²) in [6, 6.07) is 0.200. The highest BCUT2D eigenvalue weighted by molar-refractivity contribution is 7.09. The normalized spacial score (nSPS) is 12.7. The topological polar surface area (TPSA) is 56.0 Å². The van der Waals surface area contributed by atoms with Crippen LogP contribution in [0.5, 0.6) is 0 Å². The number of hydrogen-bond donors (Lipinski definition) is 1. The third kappa shape index (κ3) is 4.48. The third-order valence-electron chi connectivity index (χ3n) is 1.97. The molecule has 0 spiro atoms. The van der Waals surface area contributed by atoms with E-state index in [1.165, 1.54) is 11.3 Å². The molecule has 14 heavy (non-hydrogen) atoms. The Morgan fingerprint density at radius 1 is 1.71 bits per heavy atom. The van der Waals surface area contributed by atoms with Crippen LogP contribution < -0.4 is 5.73 Å². The zero-order valence-corrected chi connectivity index (χ0v) is 9.22. The molecule has 0 saturated carbocycles. The number of nitrogens with zero attached hydrogens (tertiary/aromatic N) is 1. The molecule has 0 aliphatic rings. The Morgan fingerprint density at radius 3 is 3.07 bits per heavy atom. The van der Waals surface area contributed by atoms with E-state index in [2.05, 4.69) is 4.98 Å². The van der Waals surface area contributed by atoms with Crippen molar-refractivity contribution in [2.45, 2.75) is 38.6 Å². The first-order valence-electron chi connectivity index (χ1n) is 4.83. The number of hydrogen-bond acceptors (Lipinski definition) is 4. The molecule has 0 amide bonds. The number of carbonyl (C=O) groups excluding carboxylic acids is 1. The lowest BCUT2D eigenvalue weighted by atomic mass is 10.1. The molecule has 2 N–H and O–H groups in total. The van der Waals surface area contributed by atoms with Gasteiger partial charge in [0.05, 0.1) is 5.51 Å². The molecular weight excluding hydrogens is 196 g/mol. The van der Waals surface area contributed by atoms with E-state index >= 15 is 0 Å². The maximum absolute atomic E-state index is 11.4. The lowest BCUT2D eigenvalue weighted by Gasteiger charge is -2.02. The summed E-state index contributed by atoms with van der Waals surface area (Å²) in [5, 5.41) is 0. The van der Waals surface area contributed by atoms with Gasteiger partial charge in [0.25, 0.3) is 0 Å². The highest BCUT2D eigenvalue weighted by atomic mass is 32.1. The van der Waals surface area contributed by atoms with Crippen LogP contribution in [0.4, 0.5) is 0 Å². The smallest absolute Gasteiger partial charge is 0.138 e. The second-order valence-corrected chi connectivity index (χ2v) is 4.52. The number of aromatic nitrogens is 1. The average molecular weight is 212 g/mol. The second kappa shape index (κ2) is 5.88. The van der Waals surface area contributed by atoms with Crippen molar-refractivity contribution in [3.63, 3.8) is 0 Å². The first kappa shape index (κ1) is 11.3. The fourth-order valence-electron chi connectivity index (χ4n) is 1.23. The molecule has 0 bridgehead atoms. The number of carbonyl (C=O) groups is 1. The minimum Gasteiger partial charge on any atom is -0.328 e. The van der Waals surface area contributed by atoms with E-state index < -0.39 is 0 Å². The minimum absolute atomic E-state index is 0.200. The summed E-state index contributed by atoms with van der Waals surface area (Å²) in [7, 11) is 0. The molecule has 0 aliphatic carbocycles. The first-order chi connectivity index (χ1) is 6.68. The monoisotopic (exact) mass is 212 g/mol. The standard InChI is InChI=1S/C10H16N2OS/c1-8(11)3-2-4-9(13)5-10-6-12-7-14-10/h6-8H,2-5,11H2,1H3. The van der Waals surface area contributed by atoms with Gasteiger partial charge in [-0.25, -0.2) is 0 Å². The maximum atomic E-state index is 11.4. The molecule has 1 aromatic heterocycles. The average Bonchev–Trinajstić information content (AvgIpc) is 2.56. The number of rotatable bonds is 6. The molecule has 1 atom stereocenters. The van der Waals surface area contributed by atoms with Gasteiger partial charge in [-0.1, -0.05) is 0 Å². The molecule has 1 aromatic rings. The molecule has 0 fully saturated rings. The summed E-state index contributed by atoms with van der Waals surface area (Å²) in [6.45, 7) is 1.97. The van der Waals surface area contributed by atoms with Crippen molar-refractivity contribution in [1.29, 1.82) is 0 Å². The largest absolute Gasteiger partial charge is 0.328 e. The van der Waals surface area contributed by atoms with Gasteiger partial charge < -0.3 is 5.73 Å². The Kier molecular flexibility index (Phi) is 4.76. The zero-order valence-electron chi connectivity index (χ0n) is 8.40. The fraction of sp³-hybridized carbons (Fsp3) is 0.600. The quantitative estimate of drug-likeness (QED) is 0.782. The van der Waals surface area contributed by atoms with Crippen LogP contribution in [-0.2, 0) is 11.2 Å². The first-order valence-corrected chi connectivity index (χ1v) is 5.71. The van der Waals surface area contributed by atoms with Crippen molar-refractivity contribution in [2.24, 2.45) is 5.73 Å². The number of ketones is 1. The van der Waals surface area contributed by atoms with Crippen molar-refractivity contribution >= 4 is 17.1 Å². The molecule has 1 rings (SSSR count). The summed E-state index contributed by atoms with van der Waals surface area (Å²) >= 11 is 1.53. The number of thiazole rings is 1. The minimum atomic E-state index is 0.200. The molecule has 1 unspecified atom stereocenters. The summed E-state index contributed by atoms with van der Waals surface area (Å²) in [4.78, 5) is 16.4. The van der Waals surface area contributed by atoms with Crippen LogP contribution >= 0.6 is 11.3 Å². The SMILES string of the molecule is CC(N)CCCC(=O)Cc1cncs1. The Balaban J connectivity index is 2.17. The predicted octanol–water partition coefficient (Wildman–Crippen LogP) is 1.77. The van der Waals surface area contributed by atoms with E-state index in [1.807, 2.05) is 6.92 Å². The maximum Gasteiger partial charge on any atom is 0.138 e. The zero-order chi connectivity index (χ0) is 10.4. The molecule has 78 valence electrons. The number of Topliss-reactive ketones (excluding diaryl/α,β-unsaturated/α-hetero) is 1. The van der Waals surface area contributed by atoms with Gasteiger partial charge in [0, 0.05) is 30.0 Å². The van der Waals surface area contributed by atoms with Crippen molar-refractivity contribution in [3.8, 4) is 0 Å². The van der Waals surface area contributed by atoms with Crippen LogP contribution in [0.1, 0.15) is 31.1 Å². The van der Waals surface area contributed by atoms with Gasteiger partial charge in [-0.05, 0) is 19.8 Å². The van der Waals surface area contributed by atoms with Crippen LogP contribution in [0, 0.1) is 0 Å². The van der Waals surface area contributed by atoms with E-state index in [4.69, 9.17) is 5.73 Å². The van der Waals surface area contributed by atoms with Crippen molar-refractivity contribution in [2.75, 3.05) is 0 Å². The van der Waals surface area contributed by atoms with Gasteiger partial charge in [-0.15, -0.1) is 11.3 Å². The van der Waals surface area contributed by atoms with Gasteiger partial charge in [-0.2, -0.15) is 0 Å². The Bertz CT molecular complexity index is 270. The fourth-order valence-corrected chi connectivity index (χ4v) is 1.86. The lowest BCUT2D eigenvalue weighted by Crippen LogP contribution is -2.15. The van der Waals surface area contributed by atoms with Crippen molar-refractivity contribution < 1.29 is 4.79 Å². The summed E-state index contributed by atoms with van der Waals surface area (Å²) in [6.07, 6.45) is 4.75. The molecule has 0 aromatic carbocycles. The van der Waals surface area contributed by atoms with Crippen LogP contribution in [-0.4, -0.2) is 16.8 Å². The van der Waals surface area contributed by atoms with E-state index in [-0.39, 0.29) is 11.8 Å². The van der Waals surface area contributed by atoms with Crippen LogP contribution in [0.3, 0.4) is 0 Å². The van der Waals surface area contributed by atoms with Crippen LogP contribution in [0.25, 0.3) is 0 Å². The summed E-state index contributed by atoms with van der Waals surface area (Å²) in [5.41, 5.74) is 7.35. The van der Waals surface area contributed by atoms with Gasteiger partial charge in [-0.3, -0.25) is 9.78 Å². The molecule has 4 heteroatoms. The van der Waals surface area contributed by atoms with E-state index in [0.717, 1.165) is 17.7 Å². The molecule has 3 nitrogen and oxygen atoms in total. The molecule has 0 radical (unpaired) electrons. The van der Waals surface area contributed by atoms with Gasteiger partial charge in [0.1, 0.15) is 5.78 Å². The Hall–Kier alpha value is -0.740. The molecule has 1 heterocycles.